The van der Waals surface area contributed by atoms with E-state index in [-0.39, 0.29) is 0 Å². The van der Waals surface area contributed by atoms with Crippen LogP contribution >= 0.6 is 12.2 Å². The summed E-state index contributed by atoms with van der Waals surface area (Å²) in [5.74, 6) is 0.853. The van der Waals surface area contributed by atoms with Gasteiger partial charge in [-0.25, -0.2) is 0 Å². The van der Waals surface area contributed by atoms with Gasteiger partial charge in [0, 0.05) is 18.8 Å². The van der Waals surface area contributed by atoms with Gasteiger partial charge in [0.1, 0.15) is 4.99 Å². The van der Waals surface area contributed by atoms with Crippen LogP contribution in [0.2, 0.25) is 0 Å². The molecule has 1 aromatic rings. The van der Waals surface area contributed by atoms with Crippen LogP contribution in [0.3, 0.4) is 0 Å². The molecular weight excluding hydrogens is 254 g/mol. The maximum Gasteiger partial charge on any atom is 0.122 e. The monoisotopic (exact) mass is 277 g/mol. The fourth-order valence-electron chi connectivity index (χ4n) is 2.93. The van der Waals surface area contributed by atoms with Gasteiger partial charge >= 0.3 is 0 Å². The van der Waals surface area contributed by atoms with E-state index >= 15 is 0 Å². The summed E-state index contributed by atoms with van der Waals surface area (Å²) in [6, 6.07) is 4.75. The summed E-state index contributed by atoms with van der Waals surface area (Å²) in [4.78, 5) is 7.01. The Balaban J connectivity index is 1.99. The molecule has 1 aromatic heterocycles. The minimum atomic E-state index is 0.371. The zero-order chi connectivity index (χ0) is 13.8. The van der Waals surface area contributed by atoms with Crippen LogP contribution in [0.1, 0.15) is 43.9 Å². The lowest BCUT2D eigenvalue weighted by Crippen LogP contribution is -2.35. The largest absolute Gasteiger partial charge is 0.388 e. The van der Waals surface area contributed by atoms with Crippen molar-refractivity contribution in [1.82, 2.24) is 9.88 Å². The van der Waals surface area contributed by atoms with Gasteiger partial charge in [0.15, 0.2) is 0 Å². The van der Waals surface area contributed by atoms with Crippen molar-refractivity contribution in [1.29, 1.82) is 0 Å². The molecule has 1 aliphatic rings. The SMILES string of the molecule is CC1CCCC(N(C)Cc2ccnc(C(N)=S)c2)C1. The molecule has 3 nitrogen and oxygen atoms in total. The van der Waals surface area contributed by atoms with E-state index in [4.69, 9.17) is 18.0 Å². The topological polar surface area (TPSA) is 42.2 Å². The lowest BCUT2D eigenvalue weighted by molar-refractivity contribution is 0.157. The van der Waals surface area contributed by atoms with Gasteiger partial charge in [0.2, 0.25) is 0 Å². The van der Waals surface area contributed by atoms with E-state index in [9.17, 15) is 0 Å². The highest BCUT2D eigenvalue weighted by Crippen LogP contribution is 2.27. The van der Waals surface area contributed by atoms with Gasteiger partial charge in [-0.05, 0) is 43.5 Å². The van der Waals surface area contributed by atoms with Gasteiger partial charge in [0.05, 0.1) is 5.69 Å². The highest BCUT2D eigenvalue weighted by molar-refractivity contribution is 7.80. The molecule has 0 amide bonds. The molecule has 0 aliphatic heterocycles. The summed E-state index contributed by atoms with van der Waals surface area (Å²) in [5.41, 5.74) is 7.58. The van der Waals surface area contributed by atoms with Crippen LogP contribution in [0.15, 0.2) is 18.3 Å². The molecule has 0 radical (unpaired) electrons. The van der Waals surface area contributed by atoms with Crippen LogP contribution in [-0.4, -0.2) is 28.0 Å². The highest BCUT2D eigenvalue weighted by Gasteiger charge is 2.22. The molecule has 2 N–H and O–H groups in total. The van der Waals surface area contributed by atoms with E-state index in [0.29, 0.717) is 11.0 Å². The molecule has 0 bridgehead atoms. The zero-order valence-electron chi connectivity index (χ0n) is 11.8. The fourth-order valence-corrected chi connectivity index (χ4v) is 3.04. The molecule has 0 spiro atoms. The molecule has 1 heterocycles. The third-order valence-electron chi connectivity index (χ3n) is 4.04. The highest BCUT2D eigenvalue weighted by atomic mass is 32.1. The minimum absolute atomic E-state index is 0.371. The van der Waals surface area contributed by atoms with E-state index in [0.717, 1.165) is 18.2 Å². The number of nitrogens with two attached hydrogens (primary N) is 1. The number of hydrogen-bond acceptors (Lipinski definition) is 3. The molecule has 2 rings (SSSR count). The average Bonchev–Trinajstić information content (AvgIpc) is 2.39. The Morgan fingerprint density at radius 3 is 3.00 bits per heavy atom. The first-order chi connectivity index (χ1) is 9.06. The van der Waals surface area contributed by atoms with Gasteiger partial charge in [-0.2, -0.15) is 0 Å². The lowest BCUT2D eigenvalue weighted by atomic mass is 9.86. The first-order valence-corrected chi connectivity index (χ1v) is 7.42. The van der Waals surface area contributed by atoms with Crippen LogP contribution < -0.4 is 5.73 Å². The summed E-state index contributed by atoms with van der Waals surface area (Å²) in [6.45, 7) is 3.30. The second-order valence-electron chi connectivity index (χ2n) is 5.75. The third kappa shape index (κ3) is 3.98. The average molecular weight is 277 g/mol. The van der Waals surface area contributed by atoms with Gasteiger partial charge in [0.25, 0.3) is 0 Å². The Morgan fingerprint density at radius 2 is 2.32 bits per heavy atom. The number of pyridine rings is 1. The van der Waals surface area contributed by atoms with E-state index < -0.39 is 0 Å². The molecule has 1 saturated carbocycles. The molecule has 2 unspecified atom stereocenters. The van der Waals surface area contributed by atoms with Crippen LogP contribution in [-0.2, 0) is 6.54 Å². The lowest BCUT2D eigenvalue weighted by Gasteiger charge is -2.34. The van der Waals surface area contributed by atoms with Crippen molar-refractivity contribution in [3.8, 4) is 0 Å². The molecule has 1 aliphatic carbocycles. The van der Waals surface area contributed by atoms with Crippen LogP contribution in [0.25, 0.3) is 0 Å². The van der Waals surface area contributed by atoms with Crippen LogP contribution in [0.5, 0.6) is 0 Å². The van der Waals surface area contributed by atoms with Gasteiger partial charge < -0.3 is 5.73 Å². The summed E-state index contributed by atoms with van der Waals surface area (Å²) in [6.07, 6.45) is 7.15. The summed E-state index contributed by atoms with van der Waals surface area (Å²) in [7, 11) is 2.21. The maximum atomic E-state index is 5.63. The summed E-state index contributed by atoms with van der Waals surface area (Å²) in [5, 5.41) is 0. The Labute approximate surface area is 121 Å². The molecule has 0 aromatic carbocycles. The van der Waals surface area contributed by atoms with Crippen molar-refractivity contribution in [2.45, 2.75) is 45.2 Å². The van der Waals surface area contributed by atoms with Gasteiger partial charge in [-0.1, -0.05) is 32.0 Å². The predicted octanol–water partition coefficient (Wildman–Crippen LogP) is 2.73. The smallest absolute Gasteiger partial charge is 0.122 e. The normalized spacial score (nSPS) is 23.5. The van der Waals surface area contributed by atoms with E-state index in [2.05, 4.69) is 23.9 Å². The number of thiocarbonyl (C=S) groups is 1. The molecule has 2 atom stereocenters. The predicted molar refractivity (Wildman–Crippen MR) is 83.0 cm³/mol. The second kappa shape index (κ2) is 6.44. The molecule has 104 valence electrons. The van der Waals surface area contributed by atoms with Gasteiger partial charge in [-0.15, -0.1) is 0 Å². The van der Waals surface area contributed by atoms with E-state index in [1.54, 1.807) is 6.20 Å². The van der Waals surface area contributed by atoms with E-state index in [1.165, 1.54) is 31.2 Å². The quantitative estimate of drug-likeness (QED) is 0.859. The Bertz CT molecular complexity index is 447. The number of aromatic nitrogens is 1. The Kier molecular flexibility index (Phi) is 4.88. The molecular formula is C15H23N3S. The second-order valence-corrected chi connectivity index (χ2v) is 6.19. The first kappa shape index (κ1) is 14.4. The van der Waals surface area contributed by atoms with Crippen LogP contribution in [0.4, 0.5) is 0 Å². The zero-order valence-corrected chi connectivity index (χ0v) is 12.6. The Morgan fingerprint density at radius 1 is 1.53 bits per heavy atom. The summed E-state index contributed by atoms with van der Waals surface area (Å²) < 4.78 is 0. The fraction of sp³-hybridized carbons (Fsp3) is 0.600. The number of nitrogens with zero attached hydrogens (tertiary/aromatic N) is 2. The van der Waals surface area contributed by atoms with E-state index in [1.807, 2.05) is 12.1 Å². The van der Waals surface area contributed by atoms with Crippen molar-refractivity contribution in [3.05, 3.63) is 29.6 Å². The number of rotatable bonds is 4. The molecule has 0 saturated heterocycles. The van der Waals surface area contributed by atoms with Gasteiger partial charge in [-0.3, -0.25) is 9.88 Å². The third-order valence-corrected chi connectivity index (χ3v) is 4.25. The maximum absolute atomic E-state index is 5.63. The van der Waals surface area contributed by atoms with Crippen LogP contribution in [0, 0.1) is 5.92 Å². The molecule has 19 heavy (non-hydrogen) atoms. The molecule has 4 heteroatoms. The number of hydrogen-bond donors (Lipinski definition) is 1. The van der Waals surface area contributed by atoms with Crippen molar-refractivity contribution < 1.29 is 0 Å². The Hall–Kier alpha value is -1.00. The van der Waals surface area contributed by atoms with Crippen molar-refractivity contribution in [2.75, 3.05) is 7.05 Å². The van der Waals surface area contributed by atoms with Crippen molar-refractivity contribution >= 4 is 17.2 Å². The first-order valence-electron chi connectivity index (χ1n) is 7.01. The van der Waals surface area contributed by atoms with Crippen molar-refractivity contribution in [3.63, 3.8) is 0 Å². The van der Waals surface area contributed by atoms with Crippen molar-refractivity contribution in [2.24, 2.45) is 11.7 Å². The summed E-state index contributed by atoms with van der Waals surface area (Å²) >= 11 is 4.98. The molecule has 1 fully saturated rings. The minimum Gasteiger partial charge on any atom is -0.388 e. The standard InChI is InChI=1S/C15H23N3S/c1-11-4-3-5-13(8-11)18(2)10-12-6-7-17-14(9-12)15(16)19/h6-7,9,11,13H,3-5,8,10H2,1-2H3,(H2,16,19).